The van der Waals surface area contributed by atoms with Crippen molar-refractivity contribution in [3.8, 4) is 5.75 Å². The maximum atomic E-state index is 12.7. The van der Waals surface area contributed by atoms with Crippen LogP contribution in [0.4, 0.5) is 0 Å². The van der Waals surface area contributed by atoms with E-state index >= 15 is 0 Å². The van der Waals surface area contributed by atoms with Crippen molar-refractivity contribution in [3.63, 3.8) is 0 Å². The van der Waals surface area contributed by atoms with Crippen LogP contribution in [0.15, 0.2) is 12.1 Å². The Balaban J connectivity index is 2.10. The van der Waals surface area contributed by atoms with E-state index in [1.807, 2.05) is 4.90 Å². The molecular formula is C24H38N2O3. The zero-order valence-electron chi connectivity index (χ0n) is 19.2. The molecule has 1 aliphatic rings. The standard InChI is InChI=1S/C24H38N2O3/c1-23(2,3)18-14-16(15-19(21(18)28)24(4,5)6)8-9-20(27)26-12-10-17(11-13-26)22(29)25-7/h14-15,17,28H,8-13H2,1-7H3,(H,25,29). The van der Waals surface area contributed by atoms with Crippen LogP contribution in [-0.2, 0) is 26.8 Å². The summed E-state index contributed by atoms with van der Waals surface area (Å²) in [6.07, 6.45) is 2.56. The lowest BCUT2D eigenvalue weighted by atomic mass is 9.78. The highest BCUT2D eigenvalue weighted by Gasteiger charge is 2.28. The predicted molar refractivity (Wildman–Crippen MR) is 117 cm³/mol. The van der Waals surface area contributed by atoms with Crippen LogP contribution in [0.25, 0.3) is 0 Å². The van der Waals surface area contributed by atoms with Crippen molar-refractivity contribution in [1.29, 1.82) is 0 Å². The van der Waals surface area contributed by atoms with Crippen molar-refractivity contribution in [1.82, 2.24) is 10.2 Å². The Labute approximate surface area is 175 Å². The van der Waals surface area contributed by atoms with Gasteiger partial charge in [0.2, 0.25) is 11.8 Å². The van der Waals surface area contributed by atoms with Crippen LogP contribution < -0.4 is 5.32 Å². The molecule has 2 N–H and O–H groups in total. The zero-order valence-corrected chi connectivity index (χ0v) is 19.2. The van der Waals surface area contributed by atoms with Gasteiger partial charge in [-0.05, 0) is 46.8 Å². The molecule has 1 saturated heterocycles. The van der Waals surface area contributed by atoms with Gasteiger partial charge in [-0.1, -0.05) is 53.7 Å². The summed E-state index contributed by atoms with van der Waals surface area (Å²) in [5, 5.41) is 13.5. The monoisotopic (exact) mass is 402 g/mol. The Hall–Kier alpha value is -2.04. The van der Waals surface area contributed by atoms with Crippen molar-refractivity contribution in [2.75, 3.05) is 20.1 Å². The number of carbonyl (C=O) groups is 2. The first kappa shape index (κ1) is 23.2. The van der Waals surface area contributed by atoms with Crippen LogP contribution in [0.5, 0.6) is 5.75 Å². The molecule has 0 atom stereocenters. The Kier molecular flexibility index (Phi) is 7.02. The van der Waals surface area contributed by atoms with Crippen molar-refractivity contribution in [2.45, 2.75) is 78.1 Å². The van der Waals surface area contributed by atoms with E-state index in [0.29, 0.717) is 31.7 Å². The Morgan fingerprint density at radius 3 is 1.93 bits per heavy atom. The first-order chi connectivity index (χ1) is 13.3. The van der Waals surface area contributed by atoms with Crippen molar-refractivity contribution < 1.29 is 14.7 Å². The Morgan fingerprint density at radius 1 is 1.03 bits per heavy atom. The molecule has 1 heterocycles. The first-order valence-corrected chi connectivity index (χ1v) is 10.7. The van der Waals surface area contributed by atoms with E-state index in [4.69, 9.17) is 0 Å². The van der Waals surface area contributed by atoms with E-state index in [0.717, 1.165) is 29.5 Å². The quantitative estimate of drug-likeness (QED) is 0.802. The third kappa shape index (κ3) is 5.74. The van der Waals surface area contributed by atoms with Crippen LogP contribution in [-0.4, -0.2) is 42.0 Å². The molecule has 5 nitrogen and oxygen atoms in total. The molecule has 1 aliphatic heterocycles. The summed E-state index contributed by atoms with van der Waals surface area (Å²) in [4.78, 5) is 26.4. The molecule has 0 saturated carbocycles. The summed E-state index contributed by atoms with van der Waals surface area (Å²) in [5.41, 5.74) is 2.60. The SMILES string of the molecule is CNC(=O)C1CCN(C(=O)CCc2cc(C(C)(C)C)c(O)c(C(C)(C)C)c2)CC1. The molecule has 1 aromatic carbocycles. The van der Waals surface area contributed by atoms with Crippen LogP contribution in [0.3, 0.4) is 0 Å². The molecule has 2 rings (SSSR count). The number of phenols is 1. The number of aromatic hydroxyl groups is 1. The number of likely N-dealkylation sites (tertiary alicyclic amines) is 1. The van der Waals surface area contributed by atoms with Gasteiger partial charge in [0.25, 0.3) is 0 Å². The molecule has 1 fully saturated rings. The largest absolute Gasteiger partial charge is 0.507 e. The van der Waals surface area contributed by atoms with E-state index in [2.05, 4.69) is 59.0 Å². The molecular weight excluding hydrogens is 364 g/mol. The second kappa shape index (κ2) is 8.76. The Bertz CT molecular complexity index is 713. The fraction of sp³-hybridized carbons (Fsp3) is 0.667. The van der Waals surface area contributed by atoms with Gasteiger partial charge in [0, 0.05) is 32.5 Å². The molecule has 1 aromatic rings. The second-order valence-electron chi connectivity index (χ2n) is 10.3. The minimum atomic E-state index is -0.175. The average molecular weight is 403 g/mol. The number of nitrogens with one attached hydrogen (secondary N) is 1. The van der Waals surface area contributed by atoms with Crippen molar-refractivity contribution in [2.24, 2.45) is 5.92 Å². The third-order valence-corrected chi connectivity index (χ3v) is 5.88. The number of piperidine rings is 1. The smallest absolute Gasteiger partial charge is 0.222 e. The van der Waals surface area contributed by atoms with Gasteiger partial charge in [-0.3, -0.25) is 9.59 Å². The minimum Gasteiger partial charge on any atom is -0.507 e. The number of benzene rings is 1. The highest BCUT2D eigenvalue weighted by molar-refractivity contribution is 5.80. The summed E-state index contributed by atoms with van der Waals surface area (Å²) >= 11 is 0. The number of phenolic OH excluding ortho intramolecular Hbond substituents is 1. The summed E-state index contributed by atoms with van der Waals surface area (Å²) in [6, 6.07) is 4.10. The lowest BCUT2D eigenvalue weighted by Gasteiger charge is -2.31. The molecule has 0 unspecified atom stereocenters. The molecule has 2 amide bonds. The molecule has 0 aliphatic carbocycles. The average Bonchev–Trinajstić information content (AvgIpc) is 2.64. The number of carbonyl (C=O) groups excluding carboxylic acids is 2. The highest BCUT2D eigenvalue weighted by atomic mass is 16.3. The van der Waals surface area contributed by atoms with Crippen LogP contribution in [0, 0.1) is 5.92 Å². The molecule has 0 spiro atoms. The van der Waals surface area contributed by atoms with Gasteiger partial charge >= 0.3 is 0 Å². The van der Waals surface area contributed by atoms with E-state index in [1.165, 1.54) is 0 Å². The van der Waals surface area contributed by atoms with Gasteiger partial charge in [0.1, 0.15) is 5.75 Å². The molecule has 162 valence electrons. The number of aryl methyl sites for hydroxylation is 1. The van der Waals surface area contributed by atoms with Gasteiger partial charge in [0.15, 0.2) is 0 Å². The van der Waals surface area contributed by atoms with Crippen LogP contribution in [0.1, 0.15) is 77.5 Å². The maximum Gasteiger partial charge on any atom is 0.222 e. The zero-order chi connectivity index (χ0) is 22.0. The molecule has 5 heteroatoms. The van der Waals surface area contributed by atoms with E-state index < -0.39 is 0 Å². The van der Waals surface area contributed by atoms with Crippen molar-refractivity contribution in [3.05, 3.63) is 28.8 Å². The second-order valence-corrected chi connectivity index (χ2v) is 10.3. The fourth-order valence-electron chi connectivity index (χ4n) is 3.99. The van der Waals surface area contributed by atoms with Gasteiger partial charge < -0.3 is 15.3 Å². The first-order valence-electron chi connectivity index (χ1n) is 10.7. The fourth-order valence-corrected chi connectivity index (χ4v) is 3.99. The summed E-state index contributed by atoms with van der Waals surface area (Å²) in [5.74, 6) is 0.606. The number of amides is 2. The Morgan fingerprint density at radius 2 is 1.52 bits per heavy atom. The number of hydrogen-bond donors (Lipinski definition) is 2. The summed E-state index contributed by atoms with van der Waals surface area (Å²) in [6.45, 7) is 13.9. The summed E-state index contributed by atoms with van der Waals surface area (Å²) in [7, 11) is 1.66. The van der Waals surface area contributed by atoms with Gasteiger partial charge in [0.05, 0.1) is 0 Å². The lowest BCUT2D eigenvalue weighted by molar-refractivity contribution is -0.135. The van der Waals surface area contributed by atoms with E-state index in [9.17, 15) is 14.7 Å². The summed E-state index contributed by atoms with van der Waals surface area (Å²) < 4.78 is 0. The molecule has 0 bridgehead atoms. The maximum absolute atomic E-state index is 12.7. The van der Waals surface area contributed by atoms with Crippen LogP contribution >= 0.6 is 0 Å². The van der Waals surface area contributed by atoms with Crippen molar-refractivity contribution >= 4 is 11.8 Å². The normalized spacial score (nSPS) is 16.0. The van der Waals surface area contributed by atoms with E-state index in [-0.39, 0.29) is 28.6 Å². The molecule has 0 aromatic heterocycles. The van der Waals surface area contributed by atoms with Gasteiger partial charge in [-0.25, -0.2) is 0 Å². The van der Waals surface area contributed by atoms with Crippen LogP contribution in [0.2, 0.25) is 0 Å². The molecule has 0 radical (unpaired) electrons. The molecule has 29 heavy (non-hydrogen) atoms. The topological polar surface area (TPSA) is 69.6 Å². The number of hydrogen-bond acceptors (Lipinski definition) is 3. The predicted octanol–water partition coefficient (Wildman–Crippen LogP) is 3.90. The van der Waals surface area contributed by atoms with E-state index in [1.54, 1.807) is 7.05 Å². The van der Waals surface area contributed by atoms with Gasteiger partial charge in [-0.15, -0.1) is 0 Å². The highest BCUT2D eigenvalue weighted by Crippen LogP contribution is 2.40. The number of nitrogens with zero attached hydrogens (tertiary/aromatic N) is 1. The number of rotatable bonds is 4. The third-order valence-electron chi connectivity index (χ3n) is 5.88. The lowest BCUT2D eigenvalue weighted by Crippen LogP contribution is -2.42. The minimum absolute atomic E-state index is 0.0184. The van der Waals surface area contributed by atoms with Gasteiger partial charge in [-0.2, -0.15) is 0 Å².